The van der Waals surface area contributed by atoms with Crippen molar-refractivity contribution in [2.24, 2.45) is 34.5 Å². The number of nitrogens with one attached hydrogen (secondary N) is 1. The second-order valence-electron chi connectivity index (χ2n) is 10.7. The maximum absolute atomic E-state index is 13.3. The van der Waals surface area contributed by atoms with Crippen LogP contribution >= 0.6 is 0 Å². The van der Waals surface area contributed by atoms with Crippen molar-refractivity contribution in [2.45, 2.75) is 58.4 Å². The molecule has 166 valence electrons. The van der Waals surface area contributed by atoms with Gasteiger partial charge in [0.2, 0.25) is 11.8 Å². The molecule has 31 heavy (non-hydrogen) atoms. The zero-order valence-electron chi connectivity index (χ0n) is 18.8. The Morgan fingerprint density at radius 2 is 2.00 bits per heavy atom. The topological polar surface area (TPSA) is 88.3 Å². The first kappa shape index (κ1) is 20.5. The Morgan fingerprint density at radius 1 is 1.19 bits per heavy atom. The molecule has 1 aromatic rings. The van der Waals surface area contributed by atoms with Crippen LogP contribution in [0.4, 0.5) is 11.5 Å². The van der Waals surface area contributed by atoms with Crippen molar-refractivity contribution in [3.05, 3.63) is 30.5 Å². The first-order chi connectivity index (χ1) is 14.8. The maximum Gasteiger partial charge on any atom is 0.246 e. The maximum atomic E-state index is 13.3. The van der Waals surface area contributed by atoms with Crippen LogP contribution in [0.5, 0.6) is 0 Å². The van der Waals surface area contributed by atoms with E-state index in [0.29, 0.717) is 35.3 Å². The summed E-state index contributed by atoms with van der Waals surface area (Å²) in [5, 5.41) is 3.06. The van der Waals surface area contributed by atoms with E-state index in [9.17, 15) is 9.59 Å². The summed E-state index contributed by atoms with van der Waals surface area (Å²) in [5.41, 5.74) is 6.63. The van der Waals surface area contributed by atoms with Crippen molar-refractivity contribution in [3.8, 4) is 0 Å². The lowest BCUT2D eigenvalue weighted by atomic mass is 9.47. The van der Waals surface area contributed by atoms with Crippen LogP contribution in [0, 0.1) is 34.5 Å². The third-order valence-corrected chi connectivity index (χ3v) is 9.54. The predicted octanol–water partition coefficient (Wildman–Crippen LogP) is 3.86. The van der Waals surface area contributed by atoms with Gasteiger partial charge in [0.1, 0.15) is 5.82 Å². The monoisotopic (exact) mass is 422 g/mol. The summed E-state index contributed by atoms with van der Waals surface area (Å²) in [6.07, 6.45) is 12.1. The average molecular weight is 423 g/mol. The third-order valence-electron chi connectivity index (χ3n) is 9.54. The zero-order chi connectivity index (χ0) is 22.0. The molecule has 3 fully saturated rings. The lowest BCUT2D eigenvalue weighted by Gasteiger charge is -2.60. The quantitative estimate of drug-likeness (QED) is 0.757. The Labute approximate surface area is 184 Å². The molecule has 1 aromatic heterocycles. The summed E-state index contributed by atoms with van der Waals surface area (Å²) in [6, 6.07) is 3.92. The number of nitrogens with two attached hydrogens (primary N) is 1. The molecule has 0 saturated heterocycles. The van der Waals surface area contributed by atoms with Gasteiger partial charge in [-0.15, -0.1) is 0 Å². The van der Waals surface area contributed by atoms with Crippen molar-refractivity contribution < 1.29 is 9.59 Å². The van der Waals surface area contributed by atoms with Gasteiger partial charge in [-0.3, -0.25) is 9.59 Å². The number of hydrogen-bond acceptors (Lipinski definition) is 4. The number of carbonyl (C=O) groups is 2. The Morgan fingerprint density at radius 3 is 2.77 bits per heavy atom. The van der Waals surface area contributed by atoms with Gasteiger partial charge in [-0.2, -0.15) is 0 Å². The molecule has 3 saturated carbocycles. The largest absolute Gasteiger partial charge is 0.382 e. The van der Waals surface area contributed by atoms with Crippen LogP contribution in [0.3, 0.4) is 0 Å². The highest BCUT2D eigenvalue weighted by Gasteiger charge is 2.61. The number of nitrogens with zero attached hydrogens (tertiary/aromatic N) is 2. The van der Waals surface area contributed by atoms with E-state index in [-0.39, 0.29) is 28.6 Å². The second kappa shape index (κ2) is 7.07. The minimum Gasteiger partial charge on any atom is -0.382 e. The van der Waals surface area contributed by atoms with Crippen LogP contribution in [-0.2, 0) is 9.59 Å². The average Bonchev–Trinajstić information content (AvgIpc) is 3.10. The minimum absolute atomic E-state index is 0.00901. The zero-order valence-corrected chi connectivity index (χ0v) is 18.8. The molecule has 1 aliphatic heterocycles. The van der Waals surface area contributed by atoms with Crippen molar-refractivity contribution in [1.29, 1.82) is 0 Å². The molecule has 5 rings (SSSR count). The van der Waals surface area contributed by atoms with E-state index in [4.69, 9.17) is 5.73 Å². The summed E-state index contributed by atoms with van der Waals surface area (Å²) in [6.45, 7) is 4.71. The van der Waals surface area contributed by atoms with Crippen LogP contribution in [-0.4, -0.2) is 34.8 Å². The third kappa shape index (κ3) is 2.94. The molecular formula is C25H34N4O2. The Bertz CT molecular complexity index is 945. The van der Waals surface area contributed by atoms with Gasteiger partial charge in [-0.05, 0) is 79.9 Å². The first-order valence-corrected chi connectivity index (χ1v) is 11.7. The first-order valence-electron chi connectivity index (χ1n) is 11.7. The second-order valence-corrected chi connectivity index (χ2v) is 10.7. The smallest absolute Gasteiger partial charge is 0.246 e. The summed E-state index contributed by atoms with van der Waals surface area (Å²) in [5.74, 6) is 2.35. The van der Waals surface area contributed by atoms with Crippen molar-refractivity contribution in [2.75, 3.05) is 18.1 Å². The molecule has 6 nitrogen and oxygen atoms in total. The standard InChI is InChI=1S/C25H34N4O2/c1-24-12-10-17-15(6-9-20-25(17,2)13-11-21(30)29(20)3)16(24)7-8-18(24)23(31)28-19-5-4-14-27-22(19)26/h4-5,11,13-18,20H,6-10,12H2,1-3H3,(H2,26,27)(H,28,31)/t15?,16-,17?,18?,20+,24-,25+/m0/s1. The Balaban J connectivity index is 1.38. The highest BCUT2D eigenvalue weighted by atomic mass is 16.2. The minimum atomic E-state index is 0.00901. The number of carbonyl (C=O) groups excluding carboxylic acids is 2. The highest BCUT2D eigenvalue weighted by Crippen LogP contribution is 2.65. The summed E-state index contributed by atoms with van der Waals surface area (Å²) >= 11 is 0. The Hall–Kier alpha value is -2.37. The molecule has 7 atom stereocenters. The van der Waals surface area contributed by atoms with Crippen molar-refractivity contribution in [1.82, 2.24) is 9.88 Å². The van der Waals surface area contributed by atoms with Gasteiger partial charge in [-0.1, -0.05) is 19.9 Å². The molecule has 6 heteroatoms. The molecule has 4 aliphatic rings. The number of aromatic nitrogens is 1. The van der Waals surface area contributed by atoms with Crippen molar-refractivity contribution >= 4 is 23.3 Å². The normalized spacial score (nSPS) is 41.3. The number of fused-ring (bicyclic) bond motifs is 5. The van der Waals surface area contributed by atoms with Crippen LogP contribution in [0.15, 0.2) is 30.5 Å². The SMILES string of the molecule is CN1C(=O)C=C[C@]2(C)C3CC[C@]4(C)C(C(=O)Nc5cccnc5N)CC[C@H]4C3CC[C@@H]12. The lowest BCUT2D eigenvalue weighted by Crippen LogP contribution is -2.59. The van der Waals surface area contributed by atoms with Crippen LogP contribution in [0.1, 0.15) is 52.4 Å². The number of anilines is 2. The molecule has 0 aromatic carbocycles. The number of likely N-dealkylation sites (N-methyl/N-ethyl adjacent to an activating group) is 1. The van der Waals surface area contributed by atoms with E-state index in [1.54, 1.807) is 18.3 Å². The fourth-order valence-electron chi connectivity index (χ4n) is 7.91. The van der Waals surface area contributed by atoms with Gasteiger partial charge in [-0.25, -0.2) is 4.98 Å². The molecule has 3 N–H and O–H groups in total. The molecule has 0 spiro atoms. The molecule has 3 unspecified atom stereocenters. The fourth-order valence-corrected chi connectivity index (χ4v) is 7.91. The van der Waals surface area contributed by atoms with Crippen LogP contribution < -0.4 is 11.1 Å². The van der Waals surface area contributed by atoms with Gasteiger partial charge in [0, 0.05) is 30.6 Å². The summed E-state index contributed by atoms with van der Waals surface area (Å²) in [4.78, 5) is 31.6. The van der Waals surface area contributed by atoms with Gasteiger partial charge in [0.15, 0.2) is 0 Å². The number of nitrogen functional groups attached to an aromatic ring is 1. The van der Waals surface area contributed by atoms with E-state index in [2.05, 4.69) is 30.2 Å². The van der Waals surface area contributed by atoms with Gasteiger partial charge >= 0.3 is 0 Å². The number of hydrogen-bond donors (Lipinski definition) is 2. The predicted molar refractivity (Wildman–Crippen MR) is 121 cm³/mol. The molecule has 0 bridgehead atoms. The van der Waals surface area contributed by atoms with Gasteiger partial charge < -0.3 is 16.0 Å². The molecule has 2 heterocycles. The number of pyridine rings is 1. The Kier molecular flexibility index (Phi) is 4.68. The molecule has 2 amide bonds. The summed E-state index contributed by atoms with van der Waals surface area (Å²) in [7, 11) is 1.96. The van der Waals surface area contributed by atoms with Gasteiger partial charge in [0.05, 0.1) is 5.69 Å². The van der Waals surface area contributed by atoms with E-state index in [0.717, 1.165) is 38.5 Å². The van der Waals surface area contributed by atoms with Crippen LogP contribution in [0.2, 0.25) is 0 Å². The van der Waals surface area contributed by atoms with Gasteiger partial charge in [0.25, 0.3) is 0 Å². The number of rotatable bonds is 2. The highest BCUT2D eigenvalue weighted by molar-refractivity contribution is 5.95. The summed E-state index contributed by atoms with van der Waals surface area (Å²) < 4.78 is 0. The van der Waals surface area contributed by atoms with Crippen molar-refractivity contribution in [3.63, 3.8) is 0 Å². The van der Waals surface area contributed by atoms with E-state index in [1.165, 1.54) is 0 Å². The van der Waals surface area contributed by atoms with Crippen LogP contribution in [0.25, 0.3) is 0 Å². The van der Waals surface area contributed by atoms with E-state index in [1.807, 2.05) is 18.0 Å². The van der Waals surface area contributed by atoms with E-state index < -0.39 is 0 Å². The molecule has 3 aliphatic carbocycles. The number of amides is 2. The molecule has 0 radical (unpaired) electrons. The van der Waals surface area contributed by atoms with E-state index >= 15 is 0 Å². The lowest BCUT2D eigenvalue weighted by molar-refractivity contribution is -0.141. The molecular weight excluding hydrogens is 388 g/mol. The fraction of sp³-hybridized carbons (Fsp3) is 0.640.